The molecule has 0 saturated heterocycles. The molecule has 1 heterocycles. The molecule has 0 aromatic carbocycles. The van der Waals surface area contributed by atoms with Gasteiger partial charge in [-0.3, -0.25) is 9.89 Å². The normalized spacial score (nSPS) is 23.2. The zero-order valence-corrected chi connectivity index (χ0v) is 12.1. The smallest absolute Gasteiger partial charge is 0.234 e. The monoisotopic (exact) mass is 339 g/mol. The maximum Gasteiger partial charge on any atom is 0.234 e. The minimum absolute atomic E-state index is 0.0264. The maximum absolute atomic E-state index is 13.6. The molecule has 6 nitrogen and oxygen atoms in total. The molecule has 10 heteroatoms. The first kappa shape index (κ1) is 15.2. The zero-order valence-electron chi connectivity index (χ0n) is 9.73. The average Bonchev–Trinajstić information content (AvgIpc) is 2.25. The number of H-pyrrole nitrogens is 1. The van der Waals surface area contributed by atoms with Crippen LogP contribution in [0.2, 0.25) is 5.15 Å². The first-order valence-electron chi connectivity index (χ1n) is 5.18. The summed E-state index contributed by atoms with van der Waals surface area (Å²) in [6.07, 6.45) is 1.26. The third-order valence-corrected chi connectivity index (χ3v) is 4.23. The molecule has 0 aliphatic heterocycles. The van der Waals surface area contributed by atoms with E-state index in [1.165, 1.54) is 0 Å². The number of rotatable bonds is 2. The highest BCUT2D eigenvalue weighted by Crippen LogP contribution is 2.40. The number of alkyl halides is 1. The Kier molecular flexibility index (Phi) is 3.76. The fourth-order valence-corrected chi connectivity index (χ4v) is 3.09. The minimum Gasteiger partial charge on any atom is -0.288 e. The van der Waals surface area contributed by atoms with Crippen molar-refractivity contribution in [1.29, 1.82) is 0 Å². The predicted octanol–water partition coefficient (Wildman–Crippen LogP) is 1.29. The van der Waals surface area contributed by atoms with Crippen LogP contribution in [-0.2, 0) is 14.9 Å². The van der Waals surface area contributed by atoms with Gasteiger partial charge in [-0.2, -0.15) is 5.10 Å². The van der Waals surface area contributed by atoms with Crippen LogP contribution in [0.5, 0.6) is 0 Å². The van der Waals surface area contributed by atoms with Crippen LogP contribution in [0.3, 0.4) is 0 Å². The standard InChI is InChI=1S/C10H8Cl2FN3O3S/c11-8-2-7(17)9(16-15-8)10(12)3-5(13)1-6(4-10)20(14,18)19/h1-3H,4H2,(H,15,17)(H2,14,18,19). The summed E-state index contributed by atoms with van der Waals surface area (Å²) in [4.78, 5) is 9.63. The molecule has 1 aromatic rings. The Morgan fingerprint density at radius 2 is 2.15 bits per heavy atom. The van der Waals surface area contributed by atoms with Crippen molar-refractivity contribution in [2.75, 3.05) is 0 Å². The van der Waals surface area contributed by atoms with Crippen LogP contribution < -0.4 is 10.6 Å². The number of allylic oxidation sites excluding steroid dienone is 4. The summed E-state index contributed by atoms with van der Waals surface area (Å²) in [6.45, 7) is 0. The van der Waals surface area contributed by atoms with E-state index in [0.29, 0.717) is 0 Å². The van der Waals surface area contributed by atoms with Gasteiger partial charge in [-0.05, 0) is 12.2 Å². The van der Waals surface area contributed by atoms with Crippen molar-refractivity contribution in [2.24, 2.45) is 5.14 Å². The van der Waals surface area contributed by atoms with Crippen molar-refractivity contribution >= 4 is 33.2 Å². The van der Waals surface area contributed by atoms with Gasteiger partial charge in [0.25, 0.3) is 0 Å². The second-order valence-electron chi connectivity index (χ2n) is 4.15. The highest BCUT2D eigenvalue weighted by Gasteiger charge is 2.38. The van der Waals surface area contributed by atoms with Crippen LogP contribution in [0, 0.1) is 0 Å². The quantitative estimate of drug-likeness (QED) is 0.791. The van der Waals surface area contributed by atoms with Crippen molar-refractivity contribution in [3.05, 3.63) is 50.0 Å². The van der Waals surface area contributed by atoms with Crippen LogP contribution >= 0.6 is 23.2 Å². The van der Waals surface area contributed by atoms with Crippen LogP contribution in [-0.4, -0.2) is 18.6 Å². The number of primary sulfonamides is 1. The molecule has 0 bridgehead atoms. The molecular weight excluding hydrogens is 332 g/mol. The lowest BCUT2D eigenvalue weighted by Gasteiger charge is -2.25. The van der Waals surface area contributed by atoms with Gasteiger partial charge in [0.2, 0.25) is 15.5 Å². The van der Waals surface area contributed by atoms with Crippen LogP contribution in [0.1, 0.15) is 12.1 Å². The van der Waals surface area contributed by atoms with Gasteiger partial charge >= 0.3 is 0 Å². The Morgan fingerprint density at radius 1 is 1.50 bits per heavy atom. The summed E-state index contributed by atoms with van der Waals surface area (Å²) in [5, 5.41) is 10.9. The number of sulfonamides is 1. The van der Waals surface area contributed by atoms with E-state index in [1.54, 1.807) is 0 Å². The second kappa shape index (κ2) is 4.96. The SMILES string of the molecule is NS(=O)(=O)C1=CC(F)=CC(Cl)(c2n[nH]c(Cl)cc2=O)C1. The molecule has 1 unspecified atom stereocenters. The van der Waals surface area contributed by atoms with Crippen molar-refractivity contribution < 1.29 is 12.8 Å². The Labute approximate surface area is 123 Å². The highest BCUT2D eigenvalue weighted by atomic mass is 35.5. The third-order valence-electron chi connectivity index (χ3n) is 2.62. The van der Waals surface area contributed by atoms with Crippen molar-refractivity contribution in [3.8, 4) is 0 Å². The Morgan fingerprint density at radius 3 is 2.70 bits per heavy atom. The van der Waals surface area contributed by atoms with E-state index >= 15 is 0 Å². The summed E-state index contributed by atoms with van der Waals surface area (Å²) >= 11 is 11.7. The van der Waals surface area contributed by atoms with Crippen molar-refractivity contribution in [1.82, 2.24) is 10.2 Å². The van der Waals surface area contributed by atoms with Crippen LogP contribution in [0.25, 0.3) is 0 Å². The predicted molar refractivity (Wildman–Crippen MR) is 72.4 cm³/mol. The fraction of sp³-hybridized carbons (Fsp3) is 0.200. The molecule has 3 N–H and O–H groups in total. The van der Waals surface area contributed by atoms with Crippen LogP contribution in [0.4, 0.5) is 4.39 Å². The average molecular weight is 340 g/mol. The molecule has 20 heavy (non-hydrogen) atoms. The summed E-state index contributed by atoms with van der Waals surface area (Å²) in [5.74, 6) is -0.925. The lowest BCUT2D eigenvalue weighted by molar-refractivity contribution is 0.582. The molecule has 0 saturated carbocycles. The molecule has 0 amide bonds. The van der Waals surface area contributed by atoms with E-state index in [-0.39, 0.29) is 10.8 Å². The highest BCUT2D eigenvalue weighted by molar-refractivity contribution is 7.93. The summed E-state index contributed by atoms with van der Waals surface area (Å²) in [7, 11) is -4.13. The molecule has 1 aromatic heterocycles. The van der Waals surface area contributed by atoms with Gasteiger partial charge < -0.3 is 0 Å². The van der Waals surface area contributed by atoms with E-state index in [0.717, 1.165) is 18.2 Å². The van der Waals surface area contributed by atoms with Gasteiger partial charge in [0.05, 0.1) is 4.91 Å². The molecule has 1 atom stereocenters. The van der Waals surface area contributed by atoms with Gasteiger partial charge in [0.15, 0.2) is 0 Å². The number of hydrogen-bond acceptors (Lipinski definition) is 4. The van der Waals surface area contributed by atoms with Gasteiger partial charge in [-0.15, -0.1) is 11.6 Å². The lowest BCUT2D eigenvalue weighted by Crippen LogP contribution is -2.31. The maximum atomic E-state index is 13.6. The first-order valence-corrected chi connectivity index (χ1v) is 7.48. The Hall–Kier alpha value is -1.22. The number of nitrogens with one attached hydrogen (secondary N) is 1. The number of aromatic nitrogens is 2. The van der Waals surface area contributed by atoms with E-state index in [1.807, 2.05) is 0 Å². The van der Waals surface area contributed by atoms with E-state index in [2.05, 4.69) is 10.2 Å². The van der Waals surface area contributed by atoms with E-state index in [4.69, 9.17) is 28.3 Å². The molecule has 0 radical (unpaired) electrons. The number of halogens is 3. The molecule has 108 valence electrons. The lowest BCUT2D eigenvalue weighted by atomic mass is 9.95. The fourth-order valence-electron chi connectivity index (χ4n) is 1.78. The molecule has 2 rings (SSSR count). The molecule has 1 aliphatic rings. The van der Waals surface area contributed by atoms with Crippen molar-refractivity contribution in [2.45, 2.75) is 11.3 Å². The number of hydrogen-bond donors (Lipinski definition) is 2. The van der Waals surface area contributed by atoms with Gasteiger partial charge in [0.1, 0.15) is 21.5 Å². The van der Waals surface area contributed by atoms with E-state index < -0.39 is 37.5 Å². The molecular formula is C10H8Cl2FN3O3S. The molecule has 1 aliphatic carbocycles. The van der Waals surface area contributed by atoms with Crippen molar-refractivity contribution in [3.63, 3.8) is 0 Å². The summed E-state index contributed by atoms with van der Waals surface area (Å²) in [5.41, 5.74) is -0.920. The van der Waals surface area contributed by atoms with Gasteiger partial charge in [0, 0.05) is 12.5 Å². The zero-order chi connectivity index (χ0) is 15.1. The Balaban J connectivity index is 2.57. The topological polar surface area (TPSA) is 106 Å². The molecule has 0 fully saturated rings. The third kappa shape index (κ3) is 2.93. The molecule has 0 spiro atoms. The summed E-state index contributed by atoms with van der Waals surface area (Å²) in [6, 6.07) is 1.01. The van der Waals surface area contributed by atoms with Crippen LogP contribution in [0.15, 0.2) is 33.7 Å². The minimum atomic E-state index is -4.13. The first-order chi connectivity index (χ1) is 9.12. The number of nitrogens with zero attached hydrogens (tertiary/aromatic N) is 1. The van der Waals surface area contributed by atoms with Gasteiger partial charge in [-0.25, -0.2) is 17.9 Å². The number of nitrogens with two attached hydrogens (primary N) is 1. The van der Waals surface area contributed by atoms with Gasteiger partial charge in [-0.1, -0.05) is 11.6 Å². The Bertz CT molecular complexity index is 787. The largest absolute Gasteiger partial charge is 0.288 e. The van der Waals surface area contributed by atoms with E-state index in [9.17, 15) is 17.6 Å². The number of aromatic amines is 1. The summed E-state index contributed by atoms with van der Waals surface area (Å²) < 4.78 is 36.2. The second-order valence-corrected chi connectivity index (χ2v) is 6.85.